The van der Waals surface area contributed by atoms with E-state index in [9.17, 15) is 4.39 Å². The van der Waals surface area contributed by atoms with Gasteiger partial charge in [-0.15, -0.1) is 0 Å². The van der Waals surface area contributed by atoms with Crippen molar-refractivity contribution < 1.29 is 4.39 Å². The molecule has 0 amide bonds. The quantitative estimate of drug-likeness (QED) is 0.686. The topological polar surface area (TPSA) is 30.9 Å². The van der Waals surface area contributed by atoms with Gasteiger partial charge in [-0.3, -0.25) is 0 Å². The Bertz CT molecular complexity index is 763. The number of hydrogen-bond acceptors (Lipinski definition) is 1. The average molecular weight is 345 g/mol. The highest BCUT2D eigenvalue weighted by Crippen LogP contribution is 2.23. The lowest BCUT2D eigenvalue weighted by Crippen LogP contribution is -2.00. The lowest BCUT2D eigenvalue weighted by atomic mass is 10.1. The minimum Gasteiger partial charge on any atom is -0.398 e. The summed E-state index contributed by atoms with van der Waals surface area (Å²) in [6.45, 7) is 0.701. The van der Waals surface area contributed by atoms with Crippen LogP contribution in [0.1, 0.15) is 5.56 Å². The predicted molar refractivity (Wildman–Crippen MR) is 87.5 cm³/mol. The van der Waals surface area contributed by atoms with Crippen molar-refractivity contribution >= 4 is 21.6 Å². The van der Waals surface area contributed by atoms with Gasteiger partial charge in [0, 0.05) is 29.1 Å². The molecule has 2 nitrogen and oxygen atoms in total. The summed E-state index contributed by atoms with van der Waals surface area (Å²) < 4.78 is 16.0. The first-order valence-corrected chi connectivity index (χ1v) is 7.37. The maximum absolute atomic E-state index is 13.0. The van der Waals surface area contributed by atoms with Gasteiger partial charge in [0.25, 0.3) is 0 Å². The van der Waals surface area contributed by atoms with Crippen LogP contribution in [0, 0.1) is 5.82 Å². The first kappa shape index (κ1) is 13.9. The van der Waals surface area contributed by atoms with E-state index >= 15 is 0 Å². The molecule has 21 heavy (non-hydrogen) atoms. The molecule has 0 fully saturated rings. The Morgan fingerprint density at radius 3 is 2.52 bits per heavy atom. The Morgan fingerprint density at radius 2 is 1.76 bits per heavy atom. The maximum atomic E-state index is 13.0. The summed E-state index contributed by atoms with van der Waals surface area (Å²) in [5.74, 6) is -0.222. The predicted octanol–water partition coefficient (Wildman–Crippen LogP) is 4.69. The third kappa shape index (κ3) is 3.16. The van der Waals surface area contributed by atoms with Crippen molar-refractivity contribution in [3.8, 4) is 11.1 Å². The summed E-state index contributed by atoms with van der Waals surface area (Å²) in [7, 11) is 0. The molecule has 0 aliphatic carbocycles. The highest BCUT2D eigenvalue weighted by Gasteiger charge is 2.04. The number of anilines is 1. The summed E-state index contributed by atoms with van der Waals surface area (Å²) in [6, 6.07) is 14.4. The molecule has 0 aliphatic rings. The average Bonchev–Trinajstić information content (AvgIpc) is 2.92. The largest absolute Gasteiger partial charge is 0.398 e. The molecule has 1 aromatic heterocycles. The number of aromatic nitrogens is 1. The summed E-state index contributed by atoms with van der Waals surface area (Å²) in [5, 5.41) is 0. The lowest BCUT2D eigenvalue weighted by molar-refractivity contribution is 0.628. The number of rotatable bonds is 3. The van der Waals surface area contributed by atoms with E-state index in [-0.39, 0.29) is 5.82 Å². The molecule has 0 atom stereocenters. The van der Waals surface area contributed by atoms with Crippen LogP contribution in [0.3, 0.4) is 0 Å². The number of nitrogen functional groups attached to an aromatic ring is 1. The van der Waals surface area contributed by atoms with Crippen LogP contribution in [-0.4, -0.2) is 4.57 Å². The van der Waals surface area contributed by atoms with Crippen molar-refractivity contribution in [2.24, 2.45) is 0 Å². The molecule has 106 valence electrons. The first-order chi connectivity index (χ1) is 10.1. The van der Waals surface area contributed by atoms with Crippen molar-refractivity contribution in [2.45, 2.75) is 6.54 Å². The van der Waals surface area contributed by atoms with Crippen LogP contribution in [0.2, 0.25) is 0 Å². The molecule has 3 rings (SSSR count). The van der Waals surface area contributed by atoms with Gasteiger partial charge in [0.05, 0.1) is 0 Å². The Hall–Kier alpha value is -2.07. The van der Waals surface area contributed by atoms with Gasteiger partial charge < -0.3 is 10.3 Å². The van der Waals surface area contributed by atoms with Gasteiger partial charge in [0.15, 0.2) is 0 Å². The summed E-state index contributed by atoms with van der Waals surface area (Å²) in [6.07, 6.45) is 4.03. The minimum absolute atomic E-state index is 0.222. The minimum atomic E-state index is -0.222. The van der Waals surface area contributed by atoms with Crippen LogP contribution in [-0.2, 0) is 6.54 Å². The third-order valence-electron chi connectivity index (χ3n) is 3.39. The van der Waals surface area contributed by atoms with Gasteiger partial charge in [0.2, 0.25) is 0 Å². The van der Waals surface area contributed by atoms with Crippen LogP contribution in [0.4, 0.5) is 10.1 Å². The van der Waals surface area contributed by atoms with Crippen LogP contribution in [0.5, 0.6) is 0 Å². The van der Waals surface area contributed by atoms with Gasteiger partial charge in [-0.1, -0.05) is 28.1 Å². The molecular weight excluding hydrogens is 331 g/mol. The molecule has 0 radical (unpaired) electrons. The Balaban J connectivity index is 1.85. The number of halogens is 2. The Kier molecular flexibility index (Phi) is 3.80. The van der Waals surface area contributed by atoms with Crippen LogP contribution in [0.25, 0.3) is 11.1 Å². The second-order valence-electron chi connectivity index (χ2n) is 4.92. The molecule has 4 heteroatoms. The molecular formula is C17H14BrFN2. The van der Waals surface area contributed by atoms with Crippen molar-refractivity contribution in [1.29, 1.82) is 0 Å². The Morgan fingerprint density at radius 1 is 1.00 bits per heavy atom. The normalized spacial score (nSPS) is 10.8. The third-order valence-corrected chi connectivity index (χ3v) is 3.88. The van der Waals surface area contributed by atoms with Crippen molar-refractivity contribution in [3.63, 3.8) is 0 Å². The smallest absolute Gasteiger partial charge is 0.123 e. The fourth-order valence-corrected chi connectivity index (χ4v) is 2.67. The zero-order valence-corrected chi connectivity index (χ0v) is 12.8. The van der Waals surface area contributed by atoms with E-state index in [1.165, 1.54) is 12.1 Å². The summed E-state index contributed by atoms with van der Waals surface area (Å²) in [4.78, 5) is 0. The first-order valence-electron chi connectivity index (χ1n) is 6.57. The zero-order valence-electron chi connectivity index (χ0n) is 11.3. The van der Waals surface area contributed by atoms with E-state index in [4.69, 9.17) is 5.73 Å². The molecule has 0 saturated carbocycles. The van der Waals surface area contributed by atoms with E-state index in [1.807, 2.05) is 36.7 Å². The van der Waals surface area contributed by atoms with E-state index in [0.717, 1.165) is 26.9 Å². The zero-order chi connectivity index (χ0) is 14.8. The highest BCUT2D eigenvalue weighted by molar-refractivity contribution is 9.10. The van der Waals surface area contributed by atoms with Gasteiger partial charge in [0.1, 0.15) is 5.82 Å². The fraction of sp³-hybridized carbons (Fsp3) is 0.0588. The molecule has 3 aromatic rings. The fourth-order valence-electron chi connectivity index (χ4n) is 2.26. The van der Waals surface area contributed by atoms with Gasteiger partial charge >= 0.3 is 0 Å². The summed E-state index contributed by atoms with van der Waals surface area (Å²) in [5.41, 5.74) is 9.89. The molecule has 0 unspecified atom stereocenters. The maximum Gasteiger partial charge on any atom is 0.123 e. The molecule has 0 aliphatic heterocycles. The van der Waals surface area contributed by atoms with E-state index in [1.54, 1.807) is 12.1 Å². The monoisotopic (exact) mass is 344 g/mol. The second-order valence-corrected chi connectivity index (χ2v) is 5.84. The Labute approximate surface area is 131 Å². The van der Waals surface area contributed by atoms with Gasteiger partial charge in [-0.05, 0) is 53.1 Å². The van der Waals surface area contributed by atoms with Crippen molar-refractivity contribution in [3.05, 3.63) is 76.8 Å². The van der Waals surface area contributed by atoms with Crippen LogP contribution < -0.4 is 5.73 Å². The number of hydrogen-bond donors (Lipinski definition) is 1. The molecule has 0 bridgehead atoms. The van der Waals surface area contributed by atoms with E-state index in [0.29, 0.717) is 6.54 Å². The van der Waals surface area contributed by atoms with Crippen molar-refractivity contribution in [2.75, 3.05) is 5.73 Å². The molecule has 0 spiro atoms. The second kappa shape index (κ2) is 5.74. The number of nitrogens with zero attached hydrogens (tertiary/aromatic N) is 1. The van der Waals surface area contributed by atoms with Crippen LogP contribution >= 0.6 is 15.9 Å². The summed E-state index contributed by atoms with van der Waals surface area (Å²) >= 11 is 3.46. The van der Waals surface area contributed by atoms with E-state index < -0.39 is 0 Å². The SMILES string of the molecule is Nc1ccc(Br)cc1Cn1ccc(-c2ccc(F)cc2)c1. The van der Waals surface area contributed by atoms with Crippen LogP contribution in [0.15, 0.2) is 65.4 Å². The lowest BCUT2D eigenvalue weighted by Gasteiger charge is -2.07. The highest BCUT2D eigenvalue weighted by atomic mass is 79.9. The molecule has 1 heterocycles. The van der Waals surface area contributed by atoms with Gasteiger partial charge in [-0.2, -0.15) is 0 Å². The molecule has 0 saturated heterocycles. The number of nitrogens with two attached hydrogens (primary N) is 1. The van der Waals surface area contributed by atoms with Crippen molar-refractivity contribution in [1.82, 2.24) is 4.57 Å². The van der Waals surface area contributed by atoms with Gasteiger partial charge in [-0.25, -0.2) is 4.39 Å². The molecule has 2 aromatic carbocycles. The number of benzene rings is 2. The molecule has 2 N–H and O–H groups in total. The van der Waals surface area contributed by atoms with E-state index in [2.05, 4.69) is 20.5 Å². The standard InChI is InChI=1S/C17H14BrFN2/c18-15-3-6-17(20)14(9-15)11-21-8-7-13(10-21)12-1-4-16(19)5-2-12/h1-10H,11,20H2.